The largest absolute Gasteiger partial charge is 0.309 e. The third-order valence-corrected chi connectivity index (χ3v) is 2.79. The zero-order valence-electron chi connectivity index (χ0n) is 10.3. The van der Waals surface area contributed by atoms with Crippen LogP contribution in [-0.4, -0.2) is 15.8 Å². The van der Waals surface area contributed by atoms with Crippen molar-refractivity contribution in [3.63, 3.8) is 0 Å². The Balaban J connectivity index is 2.16. The van der Waals surface area contributed by atoms with E-state index in [2.05, 4.69) is 24.3 Å². The van der Waals surface area contributed by atoms with Crippen LogP contribution < -0.4 is 5.32 Å². The highest BCUT2D eigenvalue weighted by atomic mass is 35.5. The highest BCUT2D eigenvalue weighted by Crippen LogP contribution is 2.18. The second-order valence-electron chi connectivity index (χ2n) is 4.39. The van der Waals surface area contributed by atoms with Gasteiger partial charge in [0.1, 0.15) is 5.82 Å². The van der Waals surface area contributed by atoms with E-state index in [1.54, 1.807) is 16.8 Å². The summed E-state index contributed by atoms with van der Waals surface area (Å²) >= 11 is 5.74. The molecule has 2 aromatic rings. The zero-order chi connectivity index (χ0) is 13.1. The third kappa shape index (κ3) is 3.09. The Bertz CT molecular complexity index is 537. The van der Waals surface area contributed by atoms with Crippen LogP contribution in [0.5, 0.6) is 0 Å². The minimum Gasteiger partial charge on any atom is -0.309 e. The Morgan fingerprint density at radius 2 is 2.17 bits per heavy atom. The molecule has 0 bridgehead atoms. The first kappa shape index (κ1) is 13.1. The van der Waals surface area contributed by atoms with Crippen LogP contribution >= 0.6 is 11.6 Å². The van der Waals surface area contributed by atoms with Crippen molar-refractivity contribution in [2.45, 2.75) is 26.4 Å². The van der Waals surface area contributed by atoms with Crippen LogP contribution in [0.2, 0.25) is 5.02 Å². The molecule has 1 aromatic heterocycles. The van der Waals surface area contributed by atoms with E-state index in [1.807, 2.05) is 12.3 Å². The summed E-state index contributed by atoms with van der Waals surface area (Å²) in [6.45, 7) is 4.87. The molecule has 0 radical (unpaired) electrons. The number of benzene rings is 1. The lowest BCUT2D eigenvalue weighted by Gasteiger charge is -2.05. The maximum atomic E-state index is 13.1. The third-order valence-electron chi connectivity index (χ3n) is 2.50. The van der Waals surface area contributed by atoms with Gasteiger partial charge in [-0.2, -0.15) is 5.10 Å². The van der Waals surface area contributed by atoms with Crippen molar-refractivity contribution in [3.8, 4) is 5.69 Å². The highest BCUT2D eigenvalue weighted by molar-refractivity contribution is 6.30. The molecule has 0 atom stereocenters. The topological polar surface area (TPSA) is 29.9 Å². The highest BCUT2D eigenvalue weighted by Gasteiger charge is 2.05. The van der Waals surface area contributed by atoms with Crippen molar-refractivity contribution in [3.05, 3.63) is 47.0 Å². The van der Waals surface area contributed by atoms with Crippen LogP contribution in [0.4, 0.5) is 4.39 Å². The summed E-state index contributed by atoms with van der Waals surface area (Å²) in [5.74, 6) is -0.422. The average molecular weight is 268 g/mol. The van der Waals surface area contributed by atoms with Gasteiger partial charge in [-0.15, -0.1) is 0 Å². The van der Waals surface area contributed by atoms with Gasteiger partial charge in [-0.25, -0.2) is 9.07 Å². The summed E-state index contributed by atoms with van der Waals surface area (Å²) in [5.41, 5.74) is 1.68. The van der Waals surface area contributed by atoms with Crippen molar-refractivity contribution in [1.29, 1.82) is 0 Å². The number of hydrogen-bond acceptors (Lipinski definition) is 2. The van der Waals surface area contributed by atoms with Crippen molar-refractivity contribution >= 4 is 11.6 Å². The molecule has 0 unspecified atom stereocenters. The zero-order valence-corrected chi connectivity index (χ0v) is 11.1. The Morgan fingerprint density at radius 3 is 2.83 bits per heavy atom. The van der Waals surface area contributed by atoms with E-state index in [1.165, 1.54) is 6.07 Å². The second kappa shape index (κ2) is 5.50. The Hall–Kier alpha value is -1.39. The molecule has 0 amide bonds. The van der Waals surface area contributed by atoms with Gasteiger partial charge >= 0.3 is 0 Å². The SMILES string of the molecule is CC(C)NCc1ccn(-c2ccc(F)c(Cl)c2)n1. The quantitative estimate of drug-likeness (QED) is 0.922. The van der Waals surface area contributed by atoms with Gasteiger partial charge in [-0.3, -0.25) is 0 Å². The molecule has 0 aliphatic rings. The number of nitrogens with zero attached hydrogens (tertiary/aromatic N) is 2. The summed E-state index contributed by atoms with van der Waals surface area (Å²) in [6.07, 6.45) is 1.83. The van der Waals surface area contributed by atoms with Crippen molar-refractivity contribution in [1.82, 2.24) is 15.1 Å². The van der Waals surface area contributed by atoms with Crippen LogP contribution in [0, 0.1) is 5.82 Å². The molecule has 1 N–H and O–H groups in total. The Labute approximate surface area is 111 Å². The minimum atomic E-state index is -0.422. The molecule has 1 aromatic carbocycles. The summed E-state index contributed by atoms with van der Waals surface area (Å²) in [6, 6.07) is 6.88. The van der Waals surface area contributed by atoms with Crippen LogP contribution in [0.25, 0.3) is 5.69 Å². The maximum Gasteiger partial charge on any atom is 0.141 e. The monoisotopic (exact) mass is 267 g/mol. The predicted molar refractivity (Wildman–Crippen MR) is 70.5 cm³/mol. The van der Waals surface area contributed by atoms with Gasteiger partial charge in [0.15, 0.2) is 0 Å². The molecular weight excluding hydrogens is 253 g/mol. The molecule has 5 heteroatoms. The van der Waals surface area contributed by atoms with Gasteiger partial charge < -0.3 is 5.32 Å². The fourth-order valence-corrected chi connectivity index (χ4v) is 1.71. The van der Waals surface area contributed by atoms with Gasteiger partial charge in [0.05, 0.1) is 16.4 Å². The van der Waals surface area contributed by atoms with E-state index in [0.717, 1.165) is 11.4 Å². The Kier molecular flexibility index (Phi) is 3.99. The summed E-state index contributed by atoms with van der Waals surface area (Å²) in [7, 11) is 0. The van der Waals surface area contributed by atoms with Gasteiger partial charge in [0, 0.05) is 18.8 Å². The molecule has 0 saturated heterocycles. The molecule has 2 rings (SSSR count). The molecule has 0 saturated carbocycles. The Morgan fingerprint density at radius 1 is 1.39 bits per heavy atom. The molecule has 0 spiro atoms. The molecular formula is C13H15ClFN3. The lowest BCUT2D eigenvalue weighted by molar-refractivity contribution is 0.578. The molecule has 0 fully saturated rings. The maximum absolute atomic E-state index is 13.1. The first-order valence-corrected chi connectivity index (χ1v) is 6.17. The fraction of sp³-hybridized carbons (Fsp3) is 0.308. The predicted octanol–water partition coefficient (Wildman–Crippen LogP) is 3.16. The van der Waals surface area contributed by atoms with E-state index in [-0.39, 0.29) is 5.02 Å². The van der Waals surface area contributed by atoms with Crippen molar-refractivity contribution in [2.24, 2.45) is 0 Å². The van der Waals surface area contributed by atoms with Crippen molar-refractivity contribution in [2.75, 3.05) is 0 Å². The van der Waals surface area contributed by atoms with E-state index in [4.69, 9.17) is 11.6 Å². The van der Waals surface area contributed by atoms with E-state index < -0.39 is 5.82 Å². The van der Waals surface area contributed by atoms with E-state index >= 15 is 0 Å². The number of hydrogen-bond donors (Lipinski definition) is 1. The van der Waals surface area contributed by atoms with Crippen LogP contribution in [-0.2, 0) is 6.54 Å². The molecule has 18 heavy (non-hydrogen) atoms. The molecule has 96 valence electrons. The summed E-state index contributed by atoms with van der Waals surface area (Å²) in [4.78, 5) is 0. The average Bonchev–Trinajstić information content (AvgIpc) is 2.79. The van der Waals surface area contributed by atoms with Crippen LogP contribution in [0.1, 0.15) is 19.5 Å². The molecule has 0 aliphatic heterocycles. The smallest absolute Gasteiger partial charge is 0.141 e. The van der Waals surface area contributed by atoms with Gasteiger partial charge in [-0.1, -0.05) is 25.4 Å². The number of halogens is 2. The first-order chi connectivity index (χ1) is 8.56. The van der Waals surface area contributed by atoms with Crippen LogP contribution in [0.3, 0.4) is 0 Å². The normalized spacial score (nSPS) is 11.2. The second-order valence-corrected chi connectivity index (χ2v) is 4.79. The van der Waals surface area contributed by atoms with Crippen LogP contribution in [0.15, 0.2) is 30.5 Å². The van der Waals surface area contributed by atoms with E-state index in [9.17, 15) is 4.39 Å². The fourth-order valence-electron chi connectivity index (χ4n) is 1.54. The van der Waals surface area contributed by atoms with E-state index in [0.29, 0.717) is 12.6 Å². The molecule has 0 aliphatic carbocycles. The molecule has 3 nitrogen and oxygen atoms in total. The number of rotatable bonds is 4. The summed E-state index contributed by atoms with van der Waals surface area (Å²) in [5, 5.41) is 7.78. The van der Waals surface area contributed by atoms with Crippen molar-refractivity contribution < 1.29 is 4.39 Å². The molecule has 1 heterocycles. The minimum absolute atomic E-state index is 0.102. The van der Waals surface area contributed by atoms with Gasteiger partial charge in [0.2, 0.25) is 0 Å². The lowest BCUT2D eigenvalue weighted by atomic mass is 10.3. The standard InChI is InChI=1S/C13H15ClFN3/c1-9(2)16-8-10-5-6-18(17-10)11-3-4-13(15)12(14)7-11/h3-7,9,16H,8H2,1-2H3. The number of nitrogens with one attached hydrogen (secondary N) is 1. The summed E-state index contributed by atoms with van der Waals surface area (Å²) < 4.78 is 14.7. The number of aromatic nitrogens is 2. The van der Waals surface area contributed by atoms with Gasteiger partial charge in [-0.05, 0) is 24.3 Å². The van der Waals surface area contributed by atoms with Gasteiger partial charge in [0.25, 0.3) is 0 Å². The lowest BCUT2D eigenvalue weighted by Crippen LogP contribution is -2.22. The first-order valence-electron chi connectivity index (χ1n) is 5.79.